The minimum Gasteiger partial charge on any atom is -0.310 e. The monoisotopic (exact) mass is 362 g/mol. The maximum atomic E-state index is 13.6. The SMILES string of the molecule is O=S(=O)(c1ccc(Br)c(F)c1)N1CCC2CCC(C1)N2. The molecule has 0 spiro atoms. The van der Waals surface area contributed by atoms with Gasteiger partial charge >= 0.3 is 0 Å². The lowest BCUT2D eigenvalue weighted by atomic mass is 10.1. The zero-order valence-electron chi connectivity index (χ0n) is 10.9. The Morgan fingerprint density at radius 3 is 2.75 bits per heavy atom. The maximum Gasteiger partial charge on any atom is 0.243 e. The first-order chi connectivity index (χ1) is 9.46. The lowest BCUT2D eigenvalue weighted by Gasteiger charge is -2.23. The lowest BCUT2D eigenvalue weighted by molar-refractivity contribution is 0.383. The van der Waals surface area contributed by atoms with Crippen LogP contribution in [0.5, 0.6) is 0 Å². The highest BCUT2D eigenvalue weighted by Crippen LogP contribution is 2.26. The quantitative estimate of drug-likeness (QED) is 0.876. The zero-order chi connectivity index (χ0) is 14.3. The second-order valence-electron chi connectivity index (χ2n) is 5.37. The summed E-state index contributed by atoms with van der Waals surface area (Å²) in [7, 11) is -3.61. The van der Waals surface area contributed by atoms with E-state index in [1.54, 1.807) is 0 Å². The van der Waals surface area contributed by atoms with Gasteiger partial charge in [-0.05, 0) is 53.4 Å². The van der Waals surface area contributed by atoms with E-state index in [4.69, 9.17) is 0 Å². The molecule has 3 rings (SSSR count). The van der Waals surface area contributed by atoms with Crippen LogP contribution in [-0.2, 0) is 10.0 Å². The van der Waals surface area contributed by atoms with E-state index in [2.05, 4.69) is 21.2 Å². The van der Waals surface area contributed by atoms with Crippen molar-refractivity contribution in [1.82, 2.24) is 9.62 Å². The van der Waals surface area contributed by atoms with Crippen molar-refractivity contribution in [2.45, 2.75) is 36.2 Å². The van der Waals surface area contributed by atoms with Gasteiger partial charge in [0.2, 0.25) is 10.0 Å². The Balaban J connectivity index is 1.89. The third kappa shape index (κ3) is 2.64. The molecule has 2 heterocycles. The highest BCUT2D eigenvalue weighted by molar-refractivity contribution is 9.10. The molecule has 0 radical (unpaired) electrons. The Bertz CT molecular complexity index is 623. The van der Waals surface area contributed by atoms with Crippen LogP contribution in [0.4, 0.5) is 4.39 Å². The number of nitrogens with zero attached hydrogens (tertiary/aromatic N) is 1. The van der Waals surface area contributed by atoms with E-state index in [1.807, 2.05) is 0 Å². The molecule has 2 saturated heterocycles. The molecule has 1 aromatic carbocycles. The van der Waals surface area contributed by atoms with Crippen molar-refractivity contribution in [2.24, 2.45) is 0 Å². The van der Waals surface area contributed by atoms with E-state index in [9.17, 15) is 12.8 Å². The number of benzene rings is 1. The smallest absolute Gasteiger partial charge is 0.243 e. The molecule has 2 unspecified atom stereocenters. The minimum atomic E-state index is -3.61. The summed E-state index contributed by atoms with van der Waals surface area (Å²) in [5.41, 5.74) is 0. The minimum absolute atomic E-state index is 0.0240. The van der Waals surface area contributed by atoms with Crippen LogP contribution in [0.15, 0.2) is 27.6 Å². The van der Waals surface area contributed by atoms with Crippen molar-refractivity contribution < 1.29 is 12.8 Å². The van der Waals surface area contributed by atoms with E-state index in [1.165, 1.54) is 16.4 Å². The number of sulfonamides is 1. The standard InChI is InChI=1S/C13H16BrFN2O2S/c14-12-4-3-11(7-13(12)15)20(18,19)17-6-5-9-1-2-10(8-17)16-9/h3-4,7,9-10,16H,1-2,5-6,8H2. The molecule has 0 saturated carbocycles. The Morgan fingerprint density at radius 2 is 2.00 bits per heavy atom. The summed E-state index contributed by atoms with van der Waals surface area (Å²) in [5.74, 6) is -0.555. The predicted molar refractivity (Wildman–Crippen MR) is 77.4 cm³/mol. The van der Waals surface area contributed by atoms with Gasteiger partial charge in [0.15, 0.2) is 0 Å². The number of hydrogen-bond acceptors (Lipinski definition) is 3. The molecule has 1 N–H and O–H groups in total. The number of hydrogen-bond donors (Lipinski definition) is 1. The second kappa shape index (κ2) is 5.36. The van der Waals surface area contributed by atoms with Crippen molar-refractivity contribution >= 4 is 26.0 Å². The molecular formula is C13H16BrFN2O2S. The first-order valence-corrected chi connectivity index (χ1v) is 8.91. The molecule has 20 heavy (non-hydrogen) atoms. The van der Waals surface area contributed by atoms with Crippen molar-refractivity contribution in [3.05, 3.63) is 28.5 Å². The molecule has 1 aromatic rings. The highest BCUT2D eigenvalue weighted by atomic mass is 79.9. The summed E-state index contributed by atoms with van der Waals surface area (Å²) in [6, 6.07) is 4.60. The van der Waals surface area contributed by atoms with Crippen molar-refractivity contribution in [3.8, 4) is 0 Å². The third-order valence-electron chi connectivity index (χ3n) is 4.01. The van der Waals surface area contributed by atoms with Crippen molar-refractivity contribution in [1.29, 1.82) is 0 Å². The van der Waals surface area contributed by atoms with Gasteiger partial charge in [-0.3, -0.25) is 0 Å². The molecule has 2 atom stereocenters. The summed E-state index contributed by atoms with van der Waals surface area (Å²) in [6.07, 6.45) is 2.94. The van der Waals surface area contributed by atoms with E-state index in [0.29, 0.717) is 19.1 Å². The molecule has 0 aromatic heterocycles. The lowest BCUT2D eigenvalue weighted by Crippen LogP contribution is -2.39. The summed E-state index contributed by atoms with van der Waals surface area (Å²) in [5, 5.41) is 3.44. The third-order valence-corrected chi connectivity index (χ3v) is 6.52. The highest BCUT2D eigenvalue weighted by Gasteiger charge is 2.35. The number of fused-ring (bicyclic) bond motifs is 2. The van der Waals surface area contributed by atoms with Gasteiger partial charge in [0, 0.05) is 25.2 Å². The molecule has 0 amide bonds. The molecule has 0 aliphatic carbocycles. The zero-order valence-corrected chi connectivity index (χ0v) is 13.3. The number of halogens is 2. The van der Waals surface area contributed by atoms with Crippen LogP contribution in [0, 0.1) is 5.82 Å². The van der Waals surface area contributed by atoms with E-state index in [-0.39, 0.29) is 15.4 Å². The van der Waals surface area contributed by atoms with Crippen LogP contribution < -0.4 is 5.32 Å². The average molecular weight is 363 g/mol. The van der Waals surface area contributed by atoms with Gasteiger partial charge in [0.25, 0.3) is 0 Å². The Morgan fingerprint density at radius 1 is 1.25 bits per heavy atom. The van der Waals surface area contributed by atoms with Gasteiger partial charge in [-0.25, -0.2) is 12.8 Å². The Hall–Kier alpha value is -0.500. The summed E-state index contributed by atoms with van der Waals surface area (Å²) < 4.78 is 40.5. The van der Waals surface area contributed by atoms with E-state index >= 15 is 0 Å². The van der Waals surface area contributed by atoms with Crippen LogP contribution in [0.25, 0.3) is 0 Å². The first-order valence-electron chi connectivity index (χ1n) is 6.68. The molecule has 2 bridgehead atoms. The van der Waals surface area contributed by atoms with Crippen molar-refractivity contribution in [3.63, 3.8) is 0 Å². The summed E-state index contributed by atoms with van der Waals surface area (Å²) >= 11 is 3.04. The first kappa shape index (κ1) is 14.4. The van der Waals surface area contributed by atoms with Gasteiger partial charge in [0.05, 0.1) is 9.37 Å². The van der Waals surface area contributed by atoms with Crippen LogP contribution in [0.2, 0.25) is 0 Å². The van der Waals surface area contributed by atoms with Crippen molar-refractivity contribution in [2.75, 3.05) is 13.1 Å². The molecule has 2 aliphatic heterocycles. The Kier molecular flexibility index (Phi) is 3.87. The number of rotatable bonds is 2. The van der Waals surface area contributed by atoms with Gasteiger partial charge in [-0.15, -0.1) is 0 Å². The average Bonchev–Trinajstić information content (AvgIpc) is 2.71. The van der Waals surface area contributed by atoms with Crippen LogP contribution >= 0.6 is 15.9 Å². The van der Waals surface area contributed by atoms with Gasteiger partial charge in [-0.1, -0.05) is 0 Å². The Labute approximate surface area is 126 Å². The van der Waals surface area contributed by atoms with Crippen LogP contribution in [0.1, 0.15) is 19.3 Å². The number of nitrogens with one attached hydrogen (secondary N) is 1. The fraction of sp³-hybridized carbons (Fsp3) is 0.538. The largest absolute Gasteiger partial charge is 0.310 e. The fourth-order valence-corrected chi connectivity index (χ4v) is 4.67. The summed E-state index contributed by atoms with van der Waals surface area (Å²) in [6.45, 7) is 0.963. The summed E-state index contributed by atoms with van der Waals surface area (Å²) in [4.78, 5) is 0.0240. The topological polar surface area (TPSA) is 49.4 Å². The van der Waals surface area contributed by atoms with Gasteiger partial charge in [-0.2, -0.15) is 4.31 Å². The normalized spacial score (nSPS) is 27.5. The molecular weight excluding hydrogens is 347 g/mol. The van der Waals surface area contributed by atoms with Gasteiger partial charge in [0.1, 0.15) is 5.82 Å². The van der Waals surface area contributed by atoms with Crippen LogP contribution in [-0.4, -0.2) is 37.9 Å². The molecule has 2 aliphatic rings. The van der Waals surface area contributed by atoms with Crippen LogP contribution in [0.3, 0.4) is 0 Å². The molecule has 110 valence electrons. The molecule has 7 heteroatoms. The fourth-order valence-electron chi connectivity index (χ4n) is 2.92. The maximum absolute atomic E-state index is 13.6. The second-order valence-corrected chi connectivity index (χ2v) is 8.16. The van der Waals surface area contributed by atoms with E-state index < -0.39 is 15.8 Å². The molecule has 4 nitrogen and oxygen atoms in total. The predicted octanol–water partition coefficient (Wildman–Crippen LogP) is 2.10. The van der Waals surface area contributed by atoms with E-state index in [0.717, 1.165) is 25.3 Å². The van der Waals surface area contributed by atoms with Gasteiger partial charge < -0.3 is 5.32 Å². The molecule has 2 fully saturated rings.